The summed E-state index contributed by atoms with van der Waals surface area (Å²) in [5, 5.41) is 5.71. The maximum atomic E-state index is 12.9. The average Bonchev–Trinajstić information content (AvgIpc) is 3.16. The van der Waals surface area contributed by atoms with Crippen LogP contribution in [0.1, 0.15) is 34.8 Å². The first-order chi connectivity index (χ1) is 12.4. The van der Waals surface area contributed by atoms with Crippen LogP contribution in [-0.2, 0) is 13.1 Å². The molecule has 0 spiro atoms. The third kappa shape index (κ3) is 3.96. The quantitative estimate of drug-likeness (QED) is 0.555. The fraction of sp³-hybridized carbons (Fsp3) is 0.400. The molecule has 138 valence electrons. The summed E-state index contributed by atoms with van der Waals surface area (Å²) < 4.78 is 2.04. The summed E-state index contributed by atoms with van der Waals surface area (Å²) in [5.74, 6) is 0.585. The molecule has 0 atom stereocenters. The number of fused-ring (bicyclic) bond motifs is 1. The topological polar surface area (TPSA) is 38.1 Å². The van der Waals surface area contributed by atoms with Gasteiger partial charge in [0.05, 0.1) is 10.6 Å². The van der Waals surface area contributed by atoms with E-state index < -0.39 is 0 Å². The zero-order valence-corrected chi connectivity index (χ0v) is 17.6. The predicted octanol–water partition coefficient (Wildman–Crippen LogP) is 5.06. The molecule has 26 heavy (non-hydrogen) atoms. The summed E-state index contributed by atoms with van der Waals surface area (Å²) in [5.41, 5.74) is 2.13. The molecule has 4 nitrogen and oxygen atoms in total. The van der Waals surface area contributed by atoms with E-state index in [9.17, 15) is 4.79 Å². The molecule has 0 saturated carbocycles. The highest BCUT2D eigenvalue weighted by Gasteiger charge is 2.19. The van der Waals surface area contributed by atoms with E-state index >= 15 is 0 Å². The molecular weight excluding hydrogens is 362 g/mol. The number of hydrogen-bond donors (Lipinski definition) is 0. The highest BCUT2D eigenvalue weighted by Crippen LogP contribution is 2.30. The van der Waals surface area contributed by atoms with Crippen molar-refractivity contribution in [3.8, 4) is 0 Å². The predicted molar refractivity (Wildman–Crippen MR) is 111 cm³/mol. The molecule has 0 N–H and O–H groups in total. The Balaban J connectivity index is 1.79. The minimum atomic E-state index is 0.0654. The number of aromatic nitrogens is 2. The van der Waals surface area contributed by atoms with Gasteiger partial charge in [0.1, 0.15) is 4.83 Å². The fourth-order valence-corrected chi connectivity index (χ4v) is 4.53. The zero-order valence-electron chi connectivity index (χ0n) is 15.9. The summed E-state index contributed by atoms with van der Waals surface area (Å²) in [6.07, 6.45) is 2.06. The standard InChI is InChI=1S/C20H25N3OS2/c1-13(2)11-23-20-17(14(3)21-23)10-18(26-20)19(24)22(4)12-15-6-8-16(25-5)9-7-15/h6-10,13H,11-12H2,1-5H3. The van der Waals surface area contributed by atoms with Crippen LogP contribution < -0.4 is 0 Å². The first-order valence-corrected chi connectivity index (χ1v) is 10.8. The molecule has 6 heteroatoms. The van der Waals surface area contributed by atoms with E-state index in [1.54, 1.807) is 28.0 Å². The Kier molecular flexibility index (Phi) is 5.73. The lowest BCUT2D eigenvalue weighted by Crippen LogP contribution is -2.25. The van der Waals surface area contributed by atoms with E-state index in [1.165, 1.54) is 4.90 Å². The van der Waals surface area contributed by atoms with Gasteiger partial charge in [-0.1, -0.05) is 26.0 Å². The van der Waals surface area contributed by atoms with Gasteiger partial charge in [0, 0.05) is 30.4 Å². The molecule has 0 fully saturated rings. The minimum absolute atomic E-state index is 0.0654. The number of rotatable bonds is 6. The number of benzene rings is 1. The summed E-state index contributed by atoms with van der Waals surface area (Å²) in [6.45, 7) is 7.85. The van der Waals surface area contributed by atoms with Crippen molar-refractivity contribution in [2.24, 2.45) is 5.92 Å². The second-order valence-corrected chi connectivity index (χ2v) is 8.91. The van der Waals surface area contributed by atoms with Crippen molar-refractivity contribution in [1.82, 2.24) is 14.7 Å². The SMILES string of the molecule is CSc1ccc(CN(C)C(=O)c2cc3c(C)nn(CC(C)C)c3s2)cc1. The summed E-state index contributed by atoms with van der Waals surface area (Å²) in [7, 11) is 1.86. The first-order valence-electron chi connectivity index (χ1n) is 8.74. The van der Waals surface area contributed by atoms with Gasteiger partial charge in [0.15, 0.2) is 0 Å². The number of hydrogen-bond acceptors (Lipinski definition) is 4. The average molecular weight is 388 g/mol. The lowest BCUT2D eigenvalue weighted by Gasteiger charge is -2.16. The van der Waals surface area contributed by atoms with Gasteiger partial charge in [0.25, 0.3) is 5.91 Å². The molecule has 1 amide bonds. The number of carbonyl (C=O) groups excluding carboxylic acids is 1. The Morgan fingerprint density at radius 2 is 2.00 bits per heavy atom. The summed E-state index contributed by atoms with van der Waals surface area (Å²) >= 11 is 3.27. The van der Waals surface area contributed by atoms with Gasteiger partial charge in [-0.15, -0.1) is 23.1 Å². The Morgan fingerprint density at radius 1 is 1.31 bits per heavy atom. The monoisotopic (exact) mass is 387 g/mol. The third-order valence-electron chi connectivity index (χ3n) is 4.28. The Bertz CT molecular complexity index is 909. The van der Waals surface area contributed by atoms with Crippen molar-refractivity contribution in [3.05, 3.63) is 46.5 Å². The van der Waals surface area contributed by atoms with Gasteiger partial charge in [0.2, 0.25) is 0 Å². The van der Waals surface area contributed by atoms with Crippen LogP contribution in [0.4, 0.5) is 0 Å². The van der Waals surface area contributed by atoms with Crippen molar-refractivity contribution in [1.29, 1.82) is 0 Å². The van der Waals surface area contributed by atoms with Gasteiger partial charge in [-0.3, -0.25) is 9.48 Å². The number of thioether (sulfide) groups is 1. The van der Waals surface area contributed by atoms with E-state index in [0.717, 1.165) is 32.9 Å². The fourth-order valence-electron chi connectivity index (χ4n) is 2.95. The van der Waals surface area contributed by atoms with Crippen LogP contribution in [0.3, 0.4) is 0 Å². The van der Waals surface area contributed by atoms with Gasteiger partial charge in [-0.25, -0.2) is 0 Å². The molecule has 3 rings (SSSR count). The highest BCUT2D eigenvalue weighted by molar-refractivity contribution is 7.98. The van der Waals surface area contributed by atoms with E-state index in [0.29, 0.717) is 12.5 Å². The normalized spacial score (nSPS) is 11.5. The van der Waals surface area contributed by atoms with E-state index in [1.807, 2.05) is 24.7 Å². The summed E-state index contributed by atoms with van der Waals surface area (Å²) in [4.78, 5) is 17.8. The Labute approximate surface area is 163 Å². The van der Waals surface area contributed by atoms with Gasteiger partial charge >= 0.3 is 0 Å². The van der Waals surface area contributed by atoms with Gasteiger partial charge < -0.3 is 4.90 Å². The van der Waals surface area contributed by atoms with Crippen LogP contribution in [0.5, 0.6) is 0 Å². The van der Waals surface area contributed by atoms with Crippen LogP contribution in [0.15, 0.2) is 35.2 Å². The van der Waals surface area contributed by atoms with E-state index in [-0.39, 0.29) is 5.91 Å². The molecule has 1 aromatic carbocycles. The van der Waals surface area contributed by atoms with Crippen LogP contribution >= 0.6 is 23.1 Å². The number of nitrogens with zero attached hydrogens (tertiary/aromatic N) is 3. The largest absolute Gasteiger partial charge is 0.337 e. The maximum Gasteiger partial charge on any atom is 0.264 e. The zero-order chi connectivity index (χ0) is 18.8. The molecule has 0 bridgehead atoms. The van der Waals surface area contributed by atoms with Crippen molar-refractivity contribution in [3.63, 3.8) is 0 Å². The lowest BCUT2D eigenvalue weighted by atomic mass is 10.2. The highest BCUT2D eigenvalue weighted by atomic mass is 32.2. The Hall–Kier alpha value is -1.79. The Morgan fingerprint density at radius 3 is 2.62 bits per heavy atom. The third-order valence-corrected chi connectivity index (χ3v) is 6.16. The lowest BCUT2D eigenvalue weighted by molar-refractivity contribution is 0.0790. The molecule has 0 radical (unpaired) electrons. The van der Waals surface area contributed by atoms with E-state index in [4.69, 9.17) is 0 Å². The number of thiophene rings is 1. The van der Waals surface area contributed by atoms with Crippen LogP contribution in [0, 0.1) is 12.8 Å². The van der Waals surface area contributed by atoms with Crippen LogP contribution in [-0.4, -0.2) is 33.9 Å². The molecule has 2 heterocycles. The second kappa shape index (κ2) is 7.84. The van der Waals surface area contributed by atoms with Gasteiger partial charge in [-0.05, 0) is 42.9 Å². The number of carbonyl (C=O) groups is 1. The molecule has 0 saturated heterocycles. The van der Waals surface area contributed by atoms with Gasteiger partial charge in [-0.2, -0.15) is 5.10 Å². The van der Waals surface area contributed by atoms with Crippen molar-refractivity contribution >= 4 is 39.2 Å². The van der Waals surface area contributed by atoms with Crippen molar-refractivity contribution < 1.29 is 4.79 Å². The smallest absolute Gasteiger partial charge is 0.264 e. The second-order valence-electron chi connectivity index (χ2n) is 7.00. The first kappa shape index (κ1) is 19.0. The maximum absolute atomic E-state index is 12.9. The van der Waals surface area contributed by atoms with E-state index in [2.05, 4.69) is 49.5 Å². The van der Waals surface area contributed by atoms with Crippen LogP contribution in [0.25, 0.3) is 10.2 Å². The van der Waals surface area contributed by atoms with Crippen LogP contribution in [0.2, 0.25) is 0 Å². The molecule has 0 aliphatic heterocycles. The molecule has 0 unspecified atom stereocenters. The molecular formula is C20H25N3OS2. The summed E-state index contributed by atoms with van der Waals surface area (Å²) in [6, 6.07) is 10.4. The molecule has 0 aliphatic carbocycles. The van der Waals surface area contributed by atoms with Crippen molar-refractivity contribution in [2.75, 3.05) is 13.3 Å². The molecule has 3 aromatic rings. The van der Waals surface area contributed by atoms with Crippen molar-refractivity contribution in [2.45, 2.75) is 38.8 Å². The molecule has 2 aromatic heterocycles. The minimum Gasteiger partial charge on any atom is -0.337 e. The number of amides is 1. The number of aryl methyl sites for hydroxylation is 1. The molecule has 0 aliphatic rings.